The van der Waals surface area contributed by atoms with Crippen LogP contribution in [-0.4, -0.2) is 18.2 Å². The first-order valence-corrected chi connectivity index (χ1v) is 6.95. The number of primary sulfonamides is 1. The molecule has 0 amide bonds. The summed E-state index contributed by atoms with van der Waals surface area (Å²) in [5.74, 6) is -0.673. The van der Waals surface area contributed by atoms with E-state index in [2.05, 4.69) is 10.4 Å². The Morgan fingerprint density at radius 3 is 2.68 bits per heavy atom. The normalized spacial score (nSPS) is 11.5. The number of aryl methyl sites for hydroxylation is 1. The molecule has 8 heteroatoms. The Hall–Kier alpha value is -1.93. The molecule has 1 aromatic carbocycles. The SMILES string of the molecule is Cn1nccc1CNc1ccc(S(N)(=O)=O)cc1F. The number of sulfonamides is 1. The van der Waals surface area contributed by atoms with E-state index >= 15 is 0 Å². The van der Waals surface area contributed by atoms with Crippen LogP contribution in [0.4, 0.5) is 10.1 Å². The lowest BCUT2D eigenvalue weighted by atomic mass is 10.3. The van der Waals surface area contributed by atoms with E-state index < -0.39 is 15.8 Å². The van der Waals surface area contributed by atoms with Gasteiger partial charge < -0.3 is 5.32 Å². The van der Waals surface area contributed by atoms with Crippen molar-refractivity contribution in [2.24, 2.45) is 12.2 Å². The molecule has 2 aromatic rings. The highest BCUT2D eigenvalue weighted by atomic mass is 32.2. The predicted octanol–water partition coefficient (Wildman–Crippen LogP) is 0.819. The zero-order valence-electron chi connectivity index (χ0n) is 10.2. The van der Waals surface area contributed by atoms with E-state index in [-0.39, 0.29) is 10.6 Å². The highest BCUT2D eigenvalue weighted by molar-refractivity contribution is 7.89. The molecule has 0 atom stereocenters. The van der Waals surface area contributed by atoms with Crippen LogP contribution >= 0.6 is 0 Å². The summed E-state index contributed by atoms with van der Waals surface area (Å²) in [7, 11) is -2.11. The molecule has 6 nitrogen and oxygen atoms in total. The maximum Gasteiger partial charge on any atom is 0.238 e. The van der Waals surface area contributed by atoms with Crippen molar-refractivity contribution in [1.29, 1.82) is 0 Å². The molecule has 1 aromatic heterocycles. The van der Waals surface area contributed by atoms with E-state index in [0.717, 1.165) is 11.8 Å². The van der Waals surface area contributed by atoms with Crippen molar-refractivity contribution >= 4 is 15.7 Å². The first kappa shape index (κ1) is 13.5. The fourth-order valence-corrected chi connectivity index (χ4v) is 2.10. The summed E-state index contributed by atoms with van der Waals surface area (Å²) in [4.78, 5) is -0.254. The van der Waals surface area contributed by atoms with Crippen molar-refractivity contribution in [3.63, 3.8) is 0 Å². The number of aromatic nitrogens is 2. The number of nitrogens with two attached hydrogens (primary N) is 1. The molecule has 0 saturated heterocycles. The zero-order chi connectivity index (χ0) is 14.0. The van der Waals surface area contributed by atoms with Gasteiger partial charge in [-0.2, -0.15) is 5.10 Å². The Morgan fingerprint density at radius 1 is 1.42 bits per heavy atom. The van der Waals surface area contributed by atoms with E-state index in [0.29, 0.717) is 6.54 Å². The standard InChI is InChI=1S/C11H13FN4O2S/c1-16-8(4-5-15-16)7-14-11-3-2-9(6-10(11)12)19(13,17)18/h2-6,14H,7H2,1H3,(H2,13,17,18). The number of anilines is 1. The van der Waals surface area contributed by atoms with Crippen LogP contribution in [0.5, 0.6) is 0 Å². The second kappa shape index (κ2) is 4.98. The molecule has 0 aliphatic rings. The molecular weight excluding hydrogens is 271 g/mol. The zero-order valence-corrected chi connectivity index (χ0v) is 11.0. The molecule has 0 aliphatic carbocycles. The Balaban J connectivity index is 2.16. The molecule has 0 radical (unpaired) electrons. The van der Waals surface area contributed by atoms with Crippen molar-refractivity contribution in [3.05, 3.63) is 42.0 Å². The van der Waals surface area contributed by atoms with Gasteiger partial charge in [-0.1, -0.05) is 0 Å². The minimum Gasteiger partial charge on any atom is -0.377 e. The Morgan fingerprint density at radius 2 is 2.16 bits per heavy atom. The highest BCUT2D eigenvalue weighted by Gasteiger charge is 2.11. The largest absolute Gasteiger partial charge is 0.377 e. The Bertz CT molecular complexity index is 696. The molecule has 19 heavy (non-hydrogen) atoms. The maximum atomic E-state index is 13.7. The summed E-state index contributed by atoms with van der Waals surface area (Å²) in [5, 5.41) is 11.8. The summed E-state index contributed by atoms with van der Waals surface area (Å²) in [6, 6.07) is 5.28. The van der Waals surface area contributed by atoms with Crippen LogP contribution in [0.2, 0.25) is 0 Å². The van der Waals surface area contributed by atoms with Crippen LogP contribution in [0.1, 0.15) is 5.69 Å². The number of halogens is 1. The number of hydrogen-bond acceptors (Lipinski definition) is 4. The third-order valence-corrected chi connectivity index (χ3v) is 3.56. The highest BCUT2D eigenvalue weighted by Crippen LogP contribution is 2.18. The van der Waals surface area contributed by atoms with Crippen molar-refractivity contribution in [1.82, 2.24) is 9.78 Å². The molecule has 0 bridgehead atoms. The van der Waals surface area contributed by atoms with E-state index in [1.807, 2.05) is 0 Å². The third-order valence-electron chi connectivity index (χ3n) is 2.65. The first-order valence-electron chi connectivity index (χ1n) is 5.41. The van der Waals surface area contributed by atoms with E-state index in [1.54, 1.807) is 24.0 Å². The molecule has 102 valence electrons. The van der Waals surface area contributed by atoms with Crippen LogP contribution in [0.25, 0.3) is 0 Å². The third kappa shape index (κ3) is 3.09. The summed E-state index contributed by atoms with van der Waals surface area (Å²) >= 11 is 0. The second-order valence-electron chi connectivity index (χ2n) is 3.99. The van der Waals surface area contributed by atoms with Crippen LogP contribution in [0, 0.1) is 5.82 Å². The van der Waals surface area contributed by atoms with Gasteiger partial charge in [0.2, 0.25) is 10.0 Å². The minimum atomic E-state index is -3.89. The van der Waals surface area contributed by atoms with Gasteiger partial charge in [0.05, 0.1) is 22.8 Å². The number of benzene rings is 1. The van der Waals surface area contributed by atoms with Crippen molar-refractivity contribution < 1.29 is 12.8 Å². The topological polar surface area (TPSA) is 90.0 Å². The second-order valence-corrected chi connectivity index (χ2v) is 5.55. The lowest BCUT2D eigenvalue weighted by molar-refractivity contribution is 0.592. The molecule has 1 heterocycles. The quantitative estimate of drug-likeness (QED) is 0.869. The molecular formula is C11H13FN4O2S. The summed E-state index contributed by atoms with van der Waals surface area (Å²) in [5.41, 5.74) is 1.07. The summed E-state index contributed by atoms with van der Waals surface area (Å²) in [6.07, 6.45) is 1.64. The fraction of sp³-hybridized carbons (Fsp3) is 0.182. The molecule has 0 unspecified atom stereocenters. The lowest BCUT2D eigenvalue weighted by Gasteiger charge is -2.08. The van der Waals surface area contributed by atoms with Gasteiger partial charge in [0.15, 0.2) is 0 Å². The van der Waals surface area contributed by atoms with Gasteiger partial charge in [0.25, 0.3) is 0 Å². The van der Waals surface area contributed by atoms with E-state index in [1.165, 1.54) is 12.1 Å². The number of rotatable bonds is 4. The monoisotopic (exact) mass is 284 g/mol. The predicted molar refractivity (Wildman–Crippen MR) is 68.3 cm³/mol. The van der Waals surface area contributed by atoms with Gasteiger partial charge in [-0.05, 0) is 24.3 Å². The van der Waals surface area contributed by atoms with Crippen molar-refractivity contribution in [3.8, 4) is 0 Å². The van der Waals surface area contributed by atoms with Crippen molar-refractivity contribution in [2.75, 3.05) is 5.32 Å². The number of hydrogen-bond donors (Lipinski definition) is 2. The number of nitrogens with one attached hydrogen (secondary N) is 1. The molecule has 3 N–H and O–H groups in total. The molecule has 0 saturated carbocycles. The fourth-order valence-electron chi connectivity index (χ4n) is 1.58. The van der Waals surface area contributed by atoms with Crippen LogP contribution in [-0.2, 0) is 23.6 Å². The van der Waals surface area contributed by atoms with Crippen LogP contribution in [0.3, 0.4) is 0 Å². The molecule has 0 fully saturated rings. The van der Waals surface area contributed by atoms with Gasteiger partial charge >= 0.3 is 0 Å². The average Bonchev–Trinajstić information content (AvgIpc) is 2.72. The van der Waals surface area contributed by atoms with Crippen LogP contribution < -0.4 is 10.5 Å². The van der Waals surface area contributed by atoms with Gasteiger partial charge in [-0.3, -0.25) is 4.68 Å². The molecule has 0 spiro atoms. The van der Waals surface area contributed by atoms with Gasteiger partial charge in [-0.15, -0.1) is 0 Å². The van der Waals surface area contributed by atoms with Gasteiger partial charge in [-0.25, -0.2) is 17.9 Å². The molecule has 0 aliphatic heterocycles. The van der Waals surface area contributed by atoms with Crippen molar-refractivity contribution in [2.45, 2.75) is 11.4 Å². The summed E-state index contributed by atoms with van der Waals surface area (Å²) in [6.45, 7) is 0.377. The van der Waals surface area contributed by atoms with E-state index in [4.69, 9.17) is 5.14 Å². The first-order chi connectivity index (χ1) is 8.88. The van der Waals surface area contributed by atoms with Gasteiger partial charge in [0, 0.05) is 13.2 Å². The van der Waals surface area contributed by atoms with Gasteiger partial charge in [0.1, 0.15) is 5.82 Å². The van der Waals surface area contributed by atoms with E-state index in [9.17, 15) is 12.8 Å². The lowest BCUT2D eigenvalue weighted by Crippen LogP contribution is -2.13. The maximum absolute atomic E-state index is 13.7. The van der Waals surface area contributed by atoms with Crippen LogP contribution in [0.15, 0.2) is 35.4 Å². The molecule has 2 rings (SSSR count). The average molecular weight is 284 g/mol. The Kier molecular flexibility index (Phi) is 3.54. The smallest absolute Gasteiger partial charge is 0.238 e. The Labute approximate surface area is 110 Å². The minimum absolute atomic E-state index is 0.202. The summed E-state index contributed by atoms with van der Waals surface area (Å²) < 4.78 is 37.5. The number of nitrogens with zero attached hydrogens (tertiary/aromatic N) is 2.